The molecule has 0 aliphatic rings. The minimum Gasteiger partial charge on any atom is -0.465 e. The number of esters is 1. The average Bonchev–Trinajstić information content (AvgIpc) is 3.49. The van der Waals surface area contributed by atoms with E-state index in [9.17, 15) is 9.59 Å². The summed E-state index contributed by atoms with van der Waals surface area (Å²) < 4.78 is 15.2. The number of hydrogen-bond donors (Lipinski definition) is 0. The third-order valence-corrected chi connectivity index (χ3v) is 6.68. The van der Waals surface area contributed by atoms with Crippen molar-refractivity contribution in [1.29, 1.82) is 0 Å². The lowest BCUT2D eigenvalue weighted by molar-refractivity contribution is -0.143. The van der Waals surface area contributed by atoms with Gasteiger partial charge in [0.05, 0.1) is 23.7 Å². The molecule has 0 saturated heterocycles. The quantitative estimate of drug-likeness (QED) is 0.182. The number of halogens is 1. The van der Waals surface area contributed by atoms with Crippen molar-refractivity contribution in [2.75, 3.05) is 6.61 Å². The normalized spacial score (nSPS) is 11.7. The number of rotatable bonds is 6. The minimum absolute atomic E-state index is 0.0689. The van der Waals surface area contributed by atoms with Gasteiger partial charge in [0.1, 0.15) is 12.1 Å². The third-order valence-electron chi connectivity index (χ3n) is 6.19. The highest BCUT2D eigenvalue weighted by Gasteiger charge is 2.17. The standard InChI is InChI=1S/C29H21BrN4O4/c1-2-37-27(35)17-33-16-19(21-7-4-6-10-24(21)33)15-31-34-28(32-23-9-5-3-8-22(23)29(34)36)26-14-18-13-20(30)11-12-25(18)38-26/h3-16H,2,17H2,1H3. The number of carbonyl (C=O) groups is 1. The van der Waals surface area contributed by atoms with Crippen molar-refractivity contribution in [2.24, 2.45) is 5.10 Å². The molecule has 0 atom stereocenters. The van der Waals surface area contributed by atoms with E-state index in [2.05, 4.69) is 21.0 Å². The highest BCUT2D eigenvalue weighted by Crippen LogP contribution is 2.29. The fourth-order valence-corrected chi connectivity index (χ4v) is 4.87. The van der Waals surface area contributed by atoms with Gasteiger partial charge in [-0.1, -0.05) is 46.3 Å². The van der Waals surface area contributed by atoms with Gasteiger partial charge in [0.2, 0.25) is 5.82 Å². The summed E-state index contributed by atoms with van der Waals surface area (Å²) in [7, 11) is 0. The molecule has 0 amide bonds. The van der Waals surface area contributed by atoms with Crippen LogP contribution in [0.15, 0.2) is 97.8 Å². The Kier molecular flexibility index (Phi) is 6.13. The van der Waals surface area contributed by atoms with Gasteiger partial charge in [0.15, 0.2) is 5.76 Å². The van der Waals surface area contributed by atoms with Crippen LogP contribution in [0, 0.1) is 0 Å². The number of aromatic nitrogens is 3. The predicted octanol–water partition coefficient (Wildman–Crippen LogP) is 5.97. The summed E-state index contributed by atoms with van der Waals surface area (Å²) in [6, 6.07) is 22.3. The number of ether oxygens (including phenoxy) is 1. The lowest BCUT2D eigenvalue weighted by Crippen LogP contribution is -2.20. The fraction of sp³-hybridized carbons (Fsp3) is 0.103. The molecule has 3 aromatic heterocycles. The highest BCUT2D eigenvalue weighted by atomic mass is 79.9. The summed E-state index contributed by atoms with van der Waals surface area (Å²) in [5, 5.41) is 6.79. The van der Waals surface area contributed by atoms with E-state index in [0.29, 0.717) is 28.9 Å². The first-order valence-electron chi connectivity index (χ1n) is 12.0. The lowest BCUT2D eigenvalue weighted by Gasteiger charge is -2.07. The van der Waals surface area contributed by atoms with E-state index < -0.39 is 0 Å². The first-order chi connectivity index (χ1) is 18.5. The van der Waals surface area contributed by atoms with Crippen molar-refractivity contribution in [2.45, 2.75) is 13.5 Å². The molecule has 0 fully saturated rings. The van der Waals surface area contributed by atoms with Crippen LogP contribution < -0.4 is 5.56 Å². The molecule has 8 nitrogen and oxygen atoms in total. The summed E-state index contributed by atoms with van der Waals surface area (Å²) in [6.45, 7) is 2.16. The maximum Gasteiger partial charge on any atom is 0.325 e. The SMILES string of the molecule is CCOC(=O)Cn1cc(C=Nn2c(-c3cc4cc(Br)ccc4o3)nc3ccccc3c2=O)c2ccccc21. The number of fused-ring (bicyclic) bond motifs is 3. The van der Waals surface area contributed by atoms with E-state index in [4.69, 9.17) is 14.1 Å². The Morgan fingerprint density at radius 2 is 1.87 bits per heavy atom. The Labute approximate surface area is 224 Å². The number of para-hydroxylation sites is 2. The van der Waals surface area contributed by atoms with Crippen LogP contribution in [0.2, 0.25) is 0 Å². The molecular formula is C29H21BrN4O4. The van der Waals surface area contributed by atoms with Crippen molar-refractivity contribution >= 4 is 60.9 Å². The lowest BCUT2D eigenvalue weighted by atomic mass is 10.2. The molecular weight excluding hydrogens is 548 g/mol. The highest BCUT2D eigenvalue weighted by molar-refractivity contribution is 9.10. The molecule has 0 N–H and O–H groups in total. The molecule has 0 aliphatic carbocycles. The van der Waals surface area contributed by atoms with E-state index >= 15 is 0 Å². The zero-order valence-electron chi connectivity index (χ0n) is 20.3. The van der Waals surface area contributed by atoms with E-state index in [0.717, 1.165) is 26.3 Å². The van der Waals surface area contributed by atoms with Crippen LogP contribution in [0.1, 0.15) is 12.5 Å². The van der Waals surface area contributed by atoms with Crippen LogP contribution in [0.5, 0.6) is 0 Å². The van der Waals surface area contributed by atoms with Crippen molar-refractivity contribution in [3.63, 3.8) is 0 Å². The third kappa shape index (κ3) is 4.31. The van der Waals surface area contributed by atoms with Crippen LogP contribution in [-0.4, -0.2) is 33.0 Å². The molecule has 0 bridgehead atoms. The number of furan rings is 1. The summed E-state index contributed by atoms with van der Waals surface area (Å²) in [5.41, 5.74) is 2.49. The van der Waals surface area contributed by atoms with Crippen LogP contribution in [0.4, 0.5) is 0 Å². The predicted molar refractivity (Wildman–Crippen MR) is 150 cm³/mol. The van der Waals surface area contributed by atoms with Crippen molar-refractivity contribution in [3.05, 3.63) is 99.4 Å². The van der Waals surface area contributed by atoms with E-state index in [1.165, 1.54) is 4.68 Å². The second-order valence-corrected chi connectivity index (χ2v) is 9.56. The monoisotopic (exact) mass is 568 g/mol. The van der Waals surface area contributed by atoms with Crippen LogP contribution in [-0.2, 0) is 16.1 Å². The minimum atomic E-state index is -0.328. The van der Waals surface area contributed by atoms with E-state index in [1.807, 2.05) is 65.4 Å². The summed E-state index contributed by atoms with van der Waals surface area (Å²) in [5.74, 6) is 0.376. The molecule has 0 saturated carbocycles. The zero-order chi connectivity index (χ0) is 26.2. The van der Waals surface area contributed by atoms with E-state index in [1.54, 1.807) is 31.3 Å². The molecule has 3 heterocycles. The first-order valence-corrected chi connectivity index (χ1v) is 12.8. The summed E-state index contributed by atoms with van der Waals surface area (Å²) >= 11 is 3.49. The number of hydrogen-bond acceptors (Lipinski definition) is 6. The first kappa shape index (κ1) is 23.9. The molecule has 6 rings (SSSR count). The zero-order valence-corrected chi connectivity index (χ0v) is 21.9. The Morgan fingerprint density at radius 1 is 1.08 bits per heavy atom. The number of nitrogens with zero attached hydrogens (tertiary/aromatic N) is 4. The van der Waals surface area contributed by atoms with Gasteiger partial charge in [0, 0.05) is 32.5 Å². The Morgan fingerprint density at radius 3 is 2.71 bits per heavy atom. The Bertz CT molecular complexity index is 1930. The largest absolute Gasteiger partial charge is 0.465 e. The van der Waals surface area contributed by atoms with Crippen LogP contribution in [0.3, 0.4) is 0 Å². The van der Waals surface area contributed by atoms with Gasteiger partial charge in [-0.15, -0.1) is 0 Å². The molecule has 3 aromatic carbocycles. The second kappa shape index (κ2) is 9.75. The van der Waals surface area contributed by atoms with Gasteiger partial charge < -0.3 is 13.7 Å². The van der Waals surface area contributed by atoms with Gasteiger partial charge >= 0.3 is 5.97 Å². The molecule has 38 heavy (non-hydrogen) atoms. The van der Waals surface area contributed by atoms with Gasteiger partial charge in [-0.25, -0.2) is 4.98 Å². The molecule has 0 unspecified atom stereocenters. The second-order valence-electron chi connectivity index (χ2n) is 8.64. The molecule has 0 aliphatic heterocycles. The van der Waals surface area contributed by atoms with Crippen LogP contribution >= 0.6 is 15.9 Å². The molecule has 6 aromatic rings. The fourth-order valence-electron chi connectivity index (χ4n) is 4.49. The van der Waals surface area contributed by atoms with Crippen molar-refractivity contribution in [1.82, 2.24) is 14.2 Å². The summed E-state index contributed by atoms with van der Waals surface area (Å²) in [4.78, 5) is 30.5. The maximum absolute atomic E-state index is 13.6. The topological polar surface area (TPSA) is 91.6 Å². The molecule has 9 heteroatoms. The molecule has 0 radical (unpaired) electrons. The van der Waals surface area contributed by atoms with Crippen molar-refractivity contribution < 1.29 is 13.9 Å². The van der Waals surface area contributed by atoms with E-state index in [-0.39, 0.29) is 23.9 Å². The summed E-state index contributed by atoms with van der Waals surface area (Å²) in [6.07, 6.45) is 3.42. The van der Waals surface area contributed by atoms with Gasteiger partial charge in [-0.05, 0) is 49.4 Å². The average molecular weight is 569 g/mol. The van der Waals surface area contributed by atoms with Gasteiger partial charge in [-0.3, -0.25) is 9.59 Å². The number of benzene rings is 3. The maximum atomic E-state index is 13.6. The van der Waals surface area contributed by atoms with Crippen LogP contribution in [0.25, 0.3) is 44.4 Å². The molecule has 188 valence electrons. The van der Waals surface area contributed by atoms with Gasteiger partial charge in [0.25, 0.3) is 5.56 Å². The van der Waals surface area contributed by atoms with Crippen molar-refractivity contribution in [3.8, 4) is 11.6 Å². The Balaban J connectivity index is 1.51. The smallest absolute Gasteiger partial charge is 0.325 e. The van der Waals surface area contributed by atoms with Gasteiger partial charge in [-0.2, -0.15) is 9.78 Å². The number of carbonyl (C=O) groups excluding carboxylic acids is 1. The molecule has 0 spiro atoms. The Hall–Kier alpha value is -4.50.